The molecule has 0 aliphatic carbocycles. The fourth-order valence-electron chi connectivity index (χ4n) is 1.32. The van der Waals surface area contributed by atoms with Gasteiger partial charge in [0.2, 0.25) is 0 Å². The molecule has 0 radical (unpaired) electrons. The van der Waals surface area contributed by atoms with Gasteiger partial charge in [-0.2, -0.15) is 0 Å². The lowest BCUT2D eigenvalue weighted by molar-refractivity contribution is 0.101. The molecule has 0 atom stereocenters. The third kappa shape index (κ3) is 1.89. The minimum absolute atomic E-state index is 0.106. The van der Waals surface area contributed by atoms with Crippen molar-refractivity contribution in [2.45, 2.75) is 13.8 Å². The molecule has 0 fully saturated rings. The summed E-state index contributed by atoms with van der Waals surface area (Å²) in [4.78, 5) is 11.3. The van der Waals surface area contributed by atoms with Crippen molar-refractivity contribution in [1.29, 1.82) is 0 Å². The number of halogens is 2. The van der Waals surface area contributed by atoms with Crippen LogP contribution in [-0.4, -0.2) is 11.7 Å². The Bertz CT molecular complexity index is 347. The Labute approximate surface area is 81.5 Å². The summed E-state index contributed by atoms with van der Waals surface area (Å²) in [6.07, 6.45) is 0. The first-order valence-corrected chi connectivity index (χ1v) is 4.46. The van der Waals surface area contributed by atoms with Crippen molar-refractivity contribution < 1.29 is 9.18 Å². The molecule has 0 saturated carbocycles. The zero-order chi connectivity index (χ0) is 10.0. The first-order chi connectivity index (χ1) is 6.07. The summed E-state index contributed by atoms with van der Waals surface area (Å²) >= 11 is 5.41. The molecule has 0 aromatic heterocycles. The molecule has 0 saturated heterocycles. The maximum atomic E-state index is 13.1. The lowest BCUT2D eigenvalue weighted by Crippen LogP contribution is -2.07. The molecular weight excluding hydrogens is 191 g/mol. The average molecular weight is 201 g/mol. The topological polar surface area (TPSA) is 17.1 Å². The number of benzene rings is 1. The van der Waals surface area contributed by atoms with Crippen LogP contribution in [-0.2, 0) is 0 Å². The van der Waals surface area contributed by atoms with Gasteiger partial charge < -0.3 is 0 Å². The van der Waals surface area contributed by atoms with E-state index in [1.165, 1.54) is 6.07 Å². The number of carbonyl (C=O) groups is 1. The third-order valence-electron chi connectivity index (χ3n) is 2.01. The van der Waals surface area contributed by atoms with E-state index in [4.69, 9.17) is 11.6 Å². The predicted octanol–water partition coefficient (Wildman–Crippen LogP) is 2.86. The van der Waals surface area contributed by atoms with E-state index in [2.05, 4.69) is 0 Å². The smallest absolute Gasteiger partial charge is 0.178 e. The molecule has 0 spiro atoms. The van der Waals surface area contributed by atoms with Gasteiger partial charge in [0.25, 0.3) is 0 Å². The lowest BCUT2D eigenvalue weighted by Gasteiger charge is -2.07. The van der Waals surface area contributed by atoms with Crippen molar-refractivity contribution in [2.24, 2.45) is 0 Å². The summed E-state index contributed by atoms with van der Waals surface area (Å²) in [5.74, 6) is -0.694. The van der Waals surface area contributed by atoms with Crippen molar-refractivity contribution >= 4 is 17.4 Å². The van der Waals surface area contributed by atoms with Gasteiger partial charge in [0, 0.05) is 5.56 Å². The zero-order valence-electron chi connectivity index (χ0n) is 7.53. The van der Waals surface area contributed by atoms with Gasteiger partial charge in [0.1, 0.15) is 5.82 Å². The molecule has 0 heterocycles. The molecule has 0 amide bonds. The number of alkyl halides is 1. The minimum atomic E-state index is -0.362. The minimum Gasteiger partial charge on any atom is -0.293 e. The van der Waals surface area contributed by atoms with E-state index in [0.717, 1.165) is 5.56 Å². The van der Waals surface area contributed by atoms with E-state index in [9.17, 15) is 9.18 Å². The number of aryl methyl sites for hydroxylation is 1. The van der Waals surface area contributed by atoms with Crippen LogP contribution in [0.4, 0.5) is 4.39 Å². The molecule has 1 aromatic carbocycles. The highest BCUT2D eigenvalue weighted by Crippen LogP contribution is 2.17. The molecule has 3 heteroatoms. The summed E-state index contributed by atoms with van der Waals surface area (Å²) in [6, 6.07) is 2.94. The maximum Gasteiger partial charge on any atom is 0.178 e. The molecule has 1 nitrogen and oxygen atoms in total. The van der Waals surface area contributed by atoms with Crippen LogP contribution in [0.15, 0.2) is 12.1 Å². The van der Waals surface area contributed by atoms with Gasteiger partial charge in [-0.1, -0.05) is 6.07 Å². The summed E-state index contributed by atoms with van der Waals surface area (Å²) < 4.78 is 13.1. The Balaban J connectivity index is 3.33. The number of Topliss-reactive ketones (excluding diaryl/α,β-unsaturated/α-hetero) is 1. The van der Waals surface area contributed by atoms with Gasteiger partial charge in [-0.25, -0.2) is 4.39 Å². The molecule has 70 valence electrons. The number of rotatable bonds is 2. The van der Waals surface area contributed by atoms with Crippen molar-refractivity contribution in [1.82, 2.24) is 0 Å². The molecular formula is C10H10ClFO. The van der Waals surface area contributed by atoms with Crippen LogP contribution >= 0.6 is 11.6 Å². The van der Waals surface area contributed by atoms with E-state index in [0.29, 0.717) is 11.1 Å². The van der Waals surface area contributed by atoms with E-state index >= 15 is 0 Å². The first kappa shape index (κ1) is 10.2. The van der Waals surface area contributed by atoms with Gasteiger partial charge in [0.15, 0.2) is 5.78 Å². The van der Waals surface area contributed by atoms with Gasteiger partial charge in [-0.05, 0) is 31.0 Å². The average Bonchev–Trinajstić information content (AvgIpc) is 2.12. The fourth-order valence-corrected chi connectivity index (χ4v) is 1.45. The van der Waals surface area contributed by atoms with Crippen molar-refractivity contribution in [3.63, 3.8) is 0 Å². The van der Waals surface area contributed by atoms with E-state index in [1.807, 2.05) is 0 Å². The lowest BCUT2D eigenvalue weighted by atomic mass is 9.99. The molecule has 0 bridgehead atoms. The van der Waals surface area contributed by atoms with Crippen LogP contribution in [0.2, 0.25) is 0 Å². The van der Waals surface area contributed by atoms with Crippen LogP contribution < -0.4 is 0 Å². The fraction of sp³-hybridized carbons (Fsp3) is 0.300. The van der Waals surface area contributed by atoms with Crippen LogP contribution in [0.3, 0.4) is 0 Å². The van der Waals surface area contributed by atoms with Crippen LogP contribution in [0.1, 0.15) is 21.5 Å². The highest BCUT2D eigenvalue weighted by Gasteiger charge is 2.13. The molecule has 0 aliphatic heterocycles. The number of carbonyl (C=O) groups excluding carboxylic acids is 1. The Morgan fingerprint density at radius 1 is 1.46 bits per heavy atom. The normalized spacial score (nSPS) is 10.2. The Hall–Kier alpha value is -0.890. The van der Waals surface area contributed by atoms with Crippen LogP contribution in [0.25, 0.3) is 0 Å². The molecule has 1 aromatic rings. The first-order valence-electron chi connectivity index (χ1n) is 3.92. The summed E-state index contributed by atoms with van der Waals surface area (Å²) in [5.41, 5.74) is 1.56. The Morgan fingerprint density at radius 3 is 2.62 bits per heavy atom. The Kier molecular flexibility index (Phi) is 3.04. The highest BCUT2D eigenvalue weighted by atomic mass is 35.5. The van der Waals surface area contributed by atoms with Gasteiger partial charge in [-0.3, -0.25) is 4.79 Å². The standard InChI is InChI=1S/C10H10ClFO/c1-6-3-4-8(12)7(2)10(6)9(13)5-11/h3-4H,5H2,1-2H3. The molecule has 0 N–H and O–H groups in total. The molecule has 0 aliphatic rings. The second kappa shape index (κ2) is 3.88. The SMILES string of the molecule is Cc1ccc(F)c(C)c1C(=O)CCl. The maximum absolute atomic E-state index is 13.1. The highest BCUT2D eigenvalue weighted by molar-refractivity contribution is 6.30. The largest absolute Gasteiger partial charge is 0.293 e. The predicted molar refractivity (Wildman–Crippen MR) is 50.9 cm³/mol. The van der Waals surface area contributed by atoms with E-state index < -0.39 is 0 Å². The summed E-state index contributed by atoms with van der Waals surface area (Å²) in [5, 5.41) is 0. The second-order valence-corrected chi connectivity index (χ2v) is 3.19. The van der Waals surface area contributed by atoms with Crippen molar-refractivity contribution in [3.8, 4) is 0 Å². The molecule has 1 rings (SSSR count). The Morgan fingerprint density at radius 2 is 2.08 bits per heavy atom. The molecule has 13 heavy (non-hydrogen) atoms. The van der Waals surface area contributed by atoms with Crippen LogP contribution in [0.5, 0.6) is 0 Å². The summed E-state index contributed by atoms with van der Waals surface area (Å²) in [6.45, 7) is 3.36. The monoisotopic (exact) mass is 200 g/mol. The number of hydrogen-bond acceptors (Lipinski definition) is 1. The van der Waals surface area contributed by atoms with Gasteiger partial charge in [0.05, 0.1) is 5.88 Å². The van der Waals surface area contributed by atoms with Gasteiger partial charge in [-0.15, -0.1) is 11.6 Å². The number of hydrogen-bond donors (Lipinski definition) is 0. The second-order valence-electron chi connectivity index (χ2n) is 2.92. The quantitative estimate of drug-likeness (QED) is 0.530. The molecule has 0 unspecified atom stereocenters. The van der Waals surface area contributed by atoms with Crippen molar-refractivity contribution in [3.05, 3.63) is 34.6 Å². The third-order valence-corrected chi connectivity index (χ3v) is 2.25. The number of ketones is 1. The zero-order valence-corrected chi connectivity index (χ0v) is 8.28. The van der Waals surface area contributed by atoms with E-state index in [1.54, 1.807) is 19.9 Å². The van der Waals surface area contributed by atoms with Gasteiger partial charge >= 0.3 is 0 Å². The van der Waals surface area contributed by atoms with E-state index in [-0.39, 0.29) is 17.5 Å². The van der Waals surface area contributed by atoms with Crippen LogP contribution in [0, 0.1) is 19.7 Å². The summed E-state index contributed by atoms with van der Waals surface area (Å²) in [7, 11) is 0. The van der Waals surface area contributed by atoms with Crippen molar-refractivity contribution in [2.75, 3.05) is 5.88 Å².